The molecule has 0 radical (unpaired) electrons. The summed E-state index contributed by atoms with van der Waals surface area (Å²) in [7, 11) is 0. The Morgan fingerprint density at radius 1 is 1.43 bits per heavy atom. The van der Waals surface area contributed by atoms with Crippen LogP contribution < -0.4 is 5.56 Å². The molecule has 0 amide bonds. The first-order valence-corrected chi connectivity index (χ1v) is 4.71. The fraction of sp³-hybridized carbons (Fsp3) is 0.300. The molecule has 0 bridgehead atoms. The number of fused-ring (bicyclic) bond motifs is 2. The SMILES string of the molecule is O=c1c2cccnc2nc2n1CCC2. The molecule has 0 saturated heterocycles. The van der Waals surface area contributed by atoms with Crippen LogP contribution >= 0.6 is 0 Å². The second-order valence-corrected chi connectivity index (χ2v) is 3.46. The summed E-state index contributed by atoms with van der Waals surface area (Å²) in [5, 5.41) is 0.623. The van der Waals surface area contributed by atoms with Crippen molar-refractivity contribution in [1.29, 1.82) is 0 Å². The van der Waals surface area contributed by atoms with Crippen LogP contribution in [0.2, 0.25) is 0 Å². The lowest BCUT2D eigenvalue weighted by Gasteiger charge is -2.02. The third kappa shape index (κ3) is 0.907. The van der Waals surface area contributed by atoms with Crippen LogP contribution in [0.25, 0.3) is 11.0 Å². The normalized spacial score (nSPS) is 14.6. The summed E-state index contributed by atoms with van der Waals surface area (Å²) in [5.41, 5.74) is 0.626. The smallest absolute Gasteiger partial charge is 0.263 e. The van der Waals surface area contributed by atoms with Crippen LogP contribution in [0.15, 0.2) is 23.1 Å². The second kappa shape index (κ2) is 2.64. The Labute approximate surface area is 80.2 Å². The lowest BCUT2D eigenvalue weighted by molar-refractivity contribution is 0.718. The van der Waals surface area contributed by atoms with Gasteiger partial charge in [0.05, 0.1) is 5.39 Å². The highest BCUT2D eigenvalue weighted by Crippen LogP contribution is 2.12. The molecular formula is C10H9N3O. The Hall–Kier alpha value is -1.71. The van der Waals surface area contributed by atoms with Crippen molar-refractivity contribution in [1.82, 2.24) is 14.5 Å². The van der Waals surface area contributed by atoms with Crippen molar-refractivity contribution in [3.8, 4) is 0 Å². The molecule has 0 aliphatic carbocycles. The lowest BCUT2D eigenvalue weighted by Crippen LogP contribution is -2.21. The maximum atomic E-state index is 11.9. The van der Waals surface area contributed by atoms with Crippen LogP contribution in [0.3, 0.4) is 0 Å². The quantitative estimate of drug-likeness (QED) is 0.611. The molecule has 0 unspecified atom stereocenters. The first-order chi connectivity index (χ1) is 6.86. The van der Waals surface area contributed by atoms with Crippen molar-refractivity contribution in [2.45, 2.75) is 19.4 Å². The van der Waals surface area contributed by atoms with E-state index in [1.54, 1.807) is 22.9 Å². The Morgan fingerprint density at radius 3 is 3.29 bits per heavy atom. The van der Waals surface area contributed by atoms with Crippen LogP contribution in [0.4, 0.5) is 0 Å². The zero-order valence-electron chi connectivity index (χ0n) is 7.60. The summed E-state index contributed by atoms with van der Waals surface area (Å²) < 4.78 is 1.75. The van der Waals surface area contributed by atoms with Gasteiger partial charge in [-0.3, -0.25) is 9.36 Å². The number of rotatable bonds is 0. The van der Waals surface area contributed by atoms with E-state index in [0.29, 0.717) is 11.0 Å². The van der Waals surface area contributed by atoms with E-state index in [-0.39, 0.29) is 5.56 Å². The van der Waals surface area contributed by atoms with Gasteiger partial charge in [-0.25, -0.2) is 9.97 Å². The zero-order valence-corrected chi connectivity index (χ0v) is 7.60. The van der Waals surface area contributed by atoms with Gasteiger partial charge < -0.3 is 0 Å². The highest BCUT2D eigenvalue weighted by Gasteiger charge is 2.15. The Morgan fingerprint density at radius 2 is 2.36 bits per heavy atom. The molecule has 0 saturated carbocycles. The predicted octanol–water partition coefficient (Wildman–Crippen LogP) is 0.738. The molecule has 0 aromatic carbocycles. The molecular weight excluding hydrogens is 178 g/mol. The third-order valence-corrected chi connectivity index (χ3v) is 2.59. The standard InChI is InChI=1S/C10H9N3O/c14-10-7-3-1-5-11-9(7)12-8-4-2-6-13(8)10/h1,3,5H,2,4,6H2. The largest absolute Gasteiger partial charge is 0.296 e. The van der Waals surface area contributed by atoms with Crippen LogP contribution in [-0.2, 0) is 13.0 Å². The molecule has 4 nitrogen and oxygen atoms in total. The van der Waals surface area contributed by atoms with Crippen molar-refractivity contribution in [3.63, 3.8) is 0 Å². The van der Waals surface area contributed by atoms with Crippen LogP contribution in [-0.4, -0.2) is 14.5 Å². The van der Waals surface area contributed by atoms with E-state index in [1.165, 1.54) is 0 Å². The number of nitrogens with zero attached hydrogens (tertiary/aromatic N) is 3. The zero-order chi connectivity index (χ0) is 9.54. The van der Waals surface area contributed by atoms with Crippen LogP contribution in [0, 0.1) is 0 Å². The van der Waals surface area contributed by atoms with E-state index in [9.17, 15) is 4.79 Å². The summed E-state index contributed by atoms with van der Waals surface area (Å²) in [4.78, 5) is 20.4. The molecule has 2 aromatic heterocycles. The fourth-order valence-electron chi connectivity index (χ4n) is 1.91. The van der Waals surface area contributed by atoms with Gasteiger partial charge >= 0.3 is 0 Å². The van der Waals surface area contributed by atoms with Gasteiger partial charge in [-0.1, -0.05) is 0 Å². The molecule has 3 rings (SSSR count). The minimum atomic E-state index is 0.0515. The molecule has 70 valence electrons. The maximum Gasteiger partial charge on any atom is 0.263 e. The number of pyridine rings is 1. The number of aromatic nitrogens is 3. The number of hydrogen-bond donors (Lipinski definition) is 0. The Kier molecular flexibility index (Phi) is 1.45. The molecule has 1 aliphatic heterocycles. The van der Waals surface area contributed by atoms with Gasteiger partial charge in [-0.2, -0.15) is 0 Å². The summed E-state index contributed by atoms with van der Waals surface area (Å²) in [6, 6.07) is 3.55. The summed E-state index contributed by atoms with van der Waals surface area (Å²) in [6.45, 7) is 0.798. The third-order valence-electron chi connectivity index (χ3n) is 2.59. The van der Waals surface area contributed by atoms with Gasteiger partial charge in [0, 0.05) is 19.2 Å². The molecule has 0 atom stereocenters. The number of aryl methyl sites for hydroxylation is 1. The molecule has 1 aliphatic rings. The molecule has 2 aromatic rings. The Bertz CT molecular complexity index is 559. The molecule has 4 heteroatoms. The van der Waals surface area contributed by atoms with E-state index >= 15 is 0 Å². The van der Waals surface area contributed by atoms with E-state index in [2.05, 4.69) is 9.97 Å². The average molecular weight is 187 g/mol. The summed E-state index contributed by atoms with van der Waals surface area (Å²) in [6.07, 6.45) is 3.57. The van der Waals surface area contributed by atoms with Crippen molar-refractivity contribution in [2.24, 2.45) is 0 Å². The highest BCUT2D eigenvalue weighted by atomic mass is 16.1. The minimum absolute atomic E-state index is 0.0515. The summed E-state index contributed by atoms with van der Waals surface area (Å²) >= 11 is 0. The van der Waals surface area contributed by atoms with Crippen molar-refractivity contribution in [2.75, 3.05) is 0 Å². The highest BCUT2D eigenvalue weighted by molar-refractivity contribution is 5.72. The van der Waals surface area contributed by atoms with Crippen molar-refractivity contribution in [3.05, 3.63) is 34.5 Å². The molecule has 0 spiro atoms. The fourth-order valence-corrected chi connectivity index (χ4v) is 1.91. The van der Waals surface area contributed by atoms with Gasteiger partial charge in [-0.15, -0.1) is 0 Å². The van der Waals surface area contributed by atoms with E-state index < -0.39 is 0 Å². The van der Waals surface area contributed by atoms with Gasteiger partial charge in [0.25, 0.3) is 5.56 Å². The van der Waals surface area contributed by atoms with Gasteiger partial charge in [-0.05, 0) is 18.6 Å². The van der Waals surface area contributed by atoms with Gasteiger partial charge in [0.15, 0.2) is 5.65 Å². The topological polar surface area (TPSA) is 47.8 Å². The van der Waals surface area contributed by atoms with E-state index in [0.717, 1.165) is 25.2 Å². The van der Waals surface area contributed by atoms with Crippen LogP contribution in [0.1, 0.15) is 12.2 Å². The predicted molar refractivity (Wildman–Crippen MR) is 52.1 cm³/mol. The van der Waals surface area contributed by atoms with Crippen LogP contribution in [0.5, 0.6) is 0 Å². The van der Waals surface area contributed by atoms with E-state index in [4.69, 9.17) is 0 Å². The van der Waals surface area contributed by atoms with Crippen molar-refractivity contribution >= 4 is 11.0 Å². The first kappa shape index (κ1) is 7.67. The summed E-state index contributed by atoms with van der Waals surface area (Å²) in [5.74, 6) is 0.876. The second-order valence-electron chi connectivity index (χ2n) is 3.46. The average Bonchev–Trinajstić information content (AvgIpc) is 2.66. The monoisotopic (exact) mass is 187 g/mol. The number of hydrogen-bond acceptors (Lipinski definition) is 3. The lowest BCUT2D eigenvalue weighted by atomic mass is 10.3. The van der Waals surface area contributed by atoms with Gasteiger partial charge in [0.2, 0.25) is 0 Å². The van der Waals surface area contributed by atoms with E-state index in [1.807, 2.05) is 0 Å². The molecule has 3 heterocycles. The van der Waals surface area contributed by atoms with Gasteiger partial charge in [0.1, 0.15) is 5.82 Å². The first-order valence-electron chi connectivity index (χ1n) is 4.71. The maximum absolute atomic E-state index is 11.9. The Balaban J connectivity index is 2.50. The molecule has 0 fully saturated rings. The molecule has 14 heavy (non-hydrogen) atoms. The van der Waals surface area contributed by atoms with Crippen molar-refractivity contribution < 1.29 is 0 Å². The molecule has 0 N–H and O–H groups in total. The minimum Gasteiger partial charge on any atom is -0.296 e.